The predicted octanol–water partition coefficient (Wildman–Crippen LogP) is -0.599. The molecule has 0 spiro atoms. The predicted molar refractivity (Wildman–Crippen MR) is 112 cm³/mol. The molecule has 0 aliphatic carbocycles. The Bertz CT molecular complexity index is 931. The summed E-state index contributed by atoms with van der Waals surface area (Å²) in [6, 6.07) is 38.2. The van der Waals surface area contributed by atoms with Gasteiger partial charge in [0, 0.05) is 0 Å². The second-order valence-corrected chi connectivity index (χ2v) is 12.4. The van der Waals surface area contributed by atoms with E-state index in [0.717, 1.165) is 11.5 Å². The van der Waals surface area contributed by atoms with Crippen molar-refractivity contribution in [3.05, 3.63) is 123 Å². The molecule has 0 radical (unpaired) electrons. The van der Waals surface area contributed by atoms with Crippen LogP contribution in [0.1, 0.15) is 0 Å². The van der Waals surface area contributed by atoms with E-state index in [4.69, 9.17) is 9.47 Å². The van der Waals surface area contributed by atoms with Gasteiger partial charge in [-0.3, -0.25) is 0 Å². The fourth-order valence-electron chi connectivity index (χ4n) is 2.71. The van der Waals surface area contributed by atoms with E-state index in [0.29, 0.717) is 13.2 Å². The van der Waals surface area contributed by atoms with Crippen molar-refractivity contribution in [2.75, 3.05) is 13.2 Å². The summed E-state index contributed by atoms with van der Waals surface area (Å²) in [6.07, 6.45) is 0. The SMILES string of the molecule is c1ccc([I-]c2ccc(OCCOc3ccc([I-]c4ccccc4)cc3)cc2)cc1. The molecule has 0 saturated carbocycles. The van der Waals surface area contributed by atoms with Crippen LogP contribution in [0.5, 0.6) is 11.5 Å². The normalized spacial score (nSPS) is 10.8. The van der Waals surface area contributed by atoms with Gasteiger partial charge < -0.3 is 0 Å². The van der Waals surface area contributed by atoms with Gasteiger partial charge in [-0.15, -0.1) is 0 Å². The number of hydrogen-bond acceptors (Lipinski definition) is 2. The zero-order chi connectivity index (χ0) is 20.4. The number of hydrogen-bond donors (Lipinski definition) is 0. The van der Waals surface area contributed by atoms with Gasteiger partial charge in [0.15, 0.2) is 0 Å². The molecule has 0 aliphatic rings. The number of ether oxygens (including phenoxy) is 2. The second kappa shape index (κ2) is 11.4. The fourth-order valence-corrected chi connectivity index (χ4v) is 7.14. The van der Waals surface area contributed by atoms with Gasteiger partial charge >= 0.3 is 200 Å². The molecule has 30 heavy (non-hydrogen) atoms. The molecular formula is C26H22I2O2-2. The van der Waals surface area contributed by atoms with Crippen LogP contribution in [0.15, 0.2) is 109 Å². The van der Waals surface area contributed by atoms with Gasteiger partial charge in [-0.1, -0.05) is 0 Å². The number of benzene rings is 4. The van der Waals surface area contributed by atoms with Gasteiger partial charge in [-0.05, 0) is 0 Å². The molecule has 4 heteroatoms. The third-order valence-electron chi connectivity index (χ3n) is 4.15. The van der Waals surface area contributed by atoms with E-state index in [9.17, 15) is 0 Å². The first-order valence-corrected chi connectivity index (χ1v) is 14.0. The Balaban J connectivity index is 1.19. The van der Waals surface area contributed by atoms with Crippen molar-refractivity contribution in [1.82, 2.24) is 0 Å². The maximum absolute atomic E-state index is 5.83. The van der Waals surface area contributed by atoms with E-state index in [1.165, 1.54) is 14.3 Å². The Morgan fingerprint density at radius 2 is 0.733 bits per heavy atom. The van der Waals surface area contributed by atoms with Gasteiger partial charge in [0.1, 0.15) is 0 Å². The molecule has 0 unspecified atom stereocenters. The van der Waals surface area contributed by atoms with Crippen LogP contribution in [0.25, 0.3) is 0 Å². The monoisotopic (exact) mass is 620 g/mol. The summed E-state index contributed by atoms with van der Waals surface area (Å²) in [6.45, 7) is 1.07. The van der Waals surface area contributed by atoms with Gasteiger partial charge in [0.05, 0.1) is 0 Å². The van der Waals surface area contributed by atoms with E-state index in [1.807, 2.05) is 0 Å². The third kappa shape index (κ3) is 6.74. The number of halogens is 2. The van der Waals surface area contributed by atoms with Crippen molar-refractivity contribution in [3.63, 3.8) is 0 Å². The molecule has 0 atom stereocenters. The van der Waals surface area contributed by atoms with E-state index in [2.05, 4.69) is 109 Å². The minimum absolute atomic E-state index is 0.129. The standard InChI is InChI=1S/C26H22I2O2/c1-3-7-21(8-4-1)27-23-11-15-25(16-12-23)29-19-20-30-26-17-13-24(14-18-26)28-22-9-5-2-6-10-22/h1-18H,19-20H2/q-2. The summed E-state index contributed by atoms with van der Waals surface area (Å²) in [5, 5.41) is 0. The average molecular weight is 620 g/mol. The molecule has 0 heterocycles. The molecule has 4 rings (SSSR count). The van der Waals surface area contributed by atoms with Crippen LogP contribution in [0.3, 0.4) is 0 Å². The summed E-state index contributed by atoms with van der Waals surface area (Å²) in [4.78, 5) is 0. The van der Waals surface area contributed by atoms with E-state index < -0.39 is 0 Å². The van der Waals surface area contributed by atoms with E-state index >= 15 is 0 Å². The molecule has 4 aromatic rings. The van der Waals surface area contributed by atoms with Crippen molar-refractivity contribution in [3.8, 4) is 11.5 Å². The molecule has 0 saturated heterocycles. The first-order chi connectivity index (χ1) is 14.8. The Kier molecular flexibility index (Phi) is 8.02. The van der Waals surface area contributed by atoms with E-state index in [-0.39, 0.29) is 42.4 Å². The Morgan fingerprint density at radius 3 is 1.10 bits per heavy atom. The van der Waals surface area contributed by atoms with Crippen LogP contribution in [-0.2, 0) is 0 Å². The number of rotatable bonds is 9. The molecule has 0 aromatic heterocycles. The Labute approximate surface area is 198 Å². The van der Waals surface area contributed by atoms with Crippen molar-refractivity contribution < 1.29 is 51.9 Å². The average Bonchev–Trinajstić information content (AvgIpc) is 2.80. The van der Waals surface area contributed by atoms with Crippen LogP contribution in [-0.4, -0.2) is 13.2 Å². The van der Waals surface area contributed by atoms with Crippen LogP contribution < -0.4 is 51.9 Å². The van der Waals surface area contributed by atoms with Gasteiger partial charge in [-0.25, -0.2) is 0 Å². The van der Waals surface area contributed by atoms with Crippen LogP contribution in [0, 0.1) is 14.3 Å². The van der Waals surface area contributed by atoms with Gasteiger partial charge in [0.2, 0.25) is 0 Å². The molecule has 0 amide bonds. The fraction of sp³-hybridized carbons (Fsp3) is 0.0769. The molecule has 4 aromatic carbocycles. The molecule has 0 N–H and O–H groups in total. The minimum atomic E-state index is -0.129. The zero-order valence-corrected chi connectivity index (χ0v) is 20.7. The molecule has 0 bridgehead atoms. The second-order valence-electron chi connectivity index (χ2n) is 6.38. The van der Waals surface area contributed by atoms with Crippen LogP contribution in [0.4, 0.5) is 0 Å². The summed E-state index contributed by atoms with van der Waals surface area (Å²) in [5.74, 6) is 1.78. The first kappa shape index (κ1) is 21.2. The molecule has 2 nitrogen and oxygen atoms in total. The van der Waals surface area contributed by atoms with Crippen LogP contribution >= 0.6 is 0 Å². The maximum atomic E-state index is 5.83. The summed E-state index contributed by atoms with van der Waals surface area (Å²) in [5.41, 5.74) is 0. The molecule has 154 valence electrons. The van der Waals surface area contributed by atoms with Crippen molar-refractivity contribution in [1.29, 1.82) is 0 Å². The third-order valence-corrected chi connectivity index (χ3v) is 9.52. The Hall–Kier alpha value is -2.06. The van der Waals surface area contributed by atoms with Crippen molar-refractivity contribution in [2.24, 2.45) is 0 Å². The van der Waals surface area contributed by atoms with Crippen LogP contribution in [0.2, 0.25) is 0 Å². The summed E-state index contributed by atoms with van der Waals surface area (Å²) in [7, 11) is 0. The molecular weight excluding hydrogens is 598 g/mol. The zero-order valence-electron chi connectivity index (χ0n) is 16.4. The van der Waals surface area contributed by atoms with Gasteiger partial charge in [0.25, 0.3) is 0 Å². The summed E-state index contributed by atoms with van der Waals surface area (Å²) < 4.78 is 17.3. The quantitative estimate of drug-likeness (QED) is 0.184. The molecule has 0 aliphatic heterocycles. The van der Waals surface area contributed by atoms with Crippen molar-refractivity contribution in [2.45, 2.75) is 0 Å². The summed E-state index contributed by atoms with van der Waals surface area (Å²) >= 11 is -0.259. The van der Waals surface area contributed by atoms with Crippen molar-refractivity contribution >= 4 is 0 Å². The Morgan fingerprint density at radius 1 is 0.400 bits per heavy atom. The van der Waals surface area contributed by atoms with Gasteiger partial charge in [-0.2, -0.15) is 0 Å². The molecule has 0 fully saturated rings. The topological polar surface area (TPSA) is 18.5 Å². The first-order valence-electron chi connectivity index (χ1n) is 9.71. The van der Waals surface area contributed by atoms with E-state index in [1.54, 1.807) is 0 Å².